The molecule has 0 spiro atoms. The number of nitrogens with one attached hydrogen (secondary N) is 1. The van der Waals surface area contributed by atoms with Crippen LogP contribution in [0.4, 0.5) is 10.3 Å². The Bertz CT molecular complexity index is 1610. The van der Waals surface area contributed by atoms with Crippen LogP contribution in [0.25, 0.3) is 16.9 Å². The minimum Gasteiger partial charge on any atom is -0.497 e. The summed E-state index contributed by atoms with van der Waals surface area (Å²) in [5.41, 5.74) is 1.66. The van der Waals surface area contributed by atoms with E-state index < -0.39 is 28.3 Å². The number of amides is 1. The topological polar surface area (TPSA) is 93.5 Å². The molecule has 0 aliphatic rings. The number of imidazole rings is 1. The van der Waals surface area contributed by atoms with E-state index >= 15 is 0 Å². The maximum Gasteiger partial charge on any atom is 0.243 e. The monoisotopic (exact) mass is 604 g/mol. The van der Waals surface area contributed by atoms with E-state index in [4.69, 9.17) is 27.9 Å². The predicted molar refractivity (Wildman–Crippen MR) is 154 cm³/mol. The van der Waals surface area contributed by atoms with Gasteiger partial charge in [0.1, 0.15) is 11.6 Å². The molecule has 0 fully saturated rings. The second-order valence-corrected chi connectivity index (χ2v) is 12.1. The van der Waals surface area contributed by atoms with Crippen LogP contribution in [-0.4, -0.2) is 48.4 Å². The van der Waals surface area contributed by atoms with Crippen LogP contribution in [0.3, 0.4) is 0 Å². The summed E-state index contributed by atoms with van der Waals surface area (Å²) in [6.07, 6.45) is 1.66. The van der Waals surface area contributed by atoms with E-state index in [1.807, 2.05) is 13.8 Å². The Morgan fingerprint density at radius 2 is 1.75 bits per heavy atom. The van der Waals surface area contributed by atoms with Gasteiger partial charge < -0.3 is 4.74 Å². The van der Waals surface area contributed by atoms with Crippen molar-refractivity contribution in [3.63, 3.8) is 0 Å². The van der Waals surface area contributed by atoms with Crippen molar-refractivity contribution in [1.82, 2.24) is 13.9 Å². The molecule has 0 unspecified atom stereocenters. The fourth-order valence-electron chi connectivity index (χ4n) is 3.94. The number of carbonyl (C=O) groups is 1. The summed E-state index contributed by atoms with van der Waals surface area (Å²) in [5, 5.41) is 3.15. The number of nitrogens with zero attached hydrogens (tertiary/aromatic N) is 3. The molecule has 12 heteroatoms. The van der Waals surface area contributed by atoms with Crippen molar-refractivity contribution in [3.8, 4) is 22.7 Å². The summed E-state index contributed by atoms with van der Waals surface area (Å²) in [6.45, 7) is 3.37. The number of methoxy groups -OCH3 is 1. The number of ether oxygens (including phenoxy) is 1. The molecule has 40 heavy (non-hydrogen) atoms. The Hall–Kier alpha value is -3.44. The first-order valence-electron chi connectivity index (χ1n) is 12.2. The summed E-state index contributed by atoms with van der Waals surface area (Å²) < 4.78 is 48.6. The fourth-order valence-corrected chi connectivity index (χ4v) is 5.80. The van der Waals surface area contributed by atoms with Gasteiger partial charge in [-0.2, -0.15) is 4.31 Å². The van der Waals surface area contributed by atoms with E-state index in [0.29, 0.717) is 22.2 Å². The number of carbonyl (C=O) groups excluding carboxylic acids is 1. The van der Waals surface area contributed by atoms with Crippen LogP contribution in [0.2, 0.25) is 10.0 Å². The molecule has 0 aliphatic heterocycles. The Labute approximate surface area is 242 Å². The standard InChI is InChI=1S/C28H27Cl2FN4O4S/c1-18(2)15-34(40(37,38)23-11-9-22(39-3)10-12-23)17-27(36)33-28-32-26(19-4-6-20(29)7-5-19)16-35(28)21-8-13-25(31)24(30)14-21/h4-14,16,18H,15,17H2,1-3H3,(H,32,33,36). The van der Waals surface area contributed by atoms with Crippen molar-refractivity contribution >= 4 is 45.1 Å². The number of hydrogen-bond donors (Lipinski definition) is 1. The smallest absolute Gasteiger partial charge is 0.243 e. The first-order valence-corrected chi connectivity index (χ1v) is 14.4. The van der Waals surface area contributed by atoms with Gasteiger partial charge in [-0.1, -0.05) is 49.2 Å². The Morgan fingerprint density at radius 1 is 1.07 bits per heavy atom. The number of sulfonamides is 1. The van der Waals surface area contributed by atoms with Gasteiger partial charge in [-0.25, -0.2) is 17.8 Å². The molecule has 1 amide bonds. The van der Waals surface area contributed by atoms with Gasteiger partial charge in [0.05, 0.1) is 35.0 Å². The minimum absolute atomic E-state index is 0.0363. The largest absolute Gasteiger partial charge is 0.497 e. The van der Waals surface area contributed by atoms with Gasteiger partial charge in [0.15, 0.2) is 0 Å². The van der Waals surface area contributed by atoms with Crippen LogP contribution >= 0.6 is 23.2 Å². The predicted octanol–water partition coefficient (Wildman–Crippen LogP) is 6.28. The van der Waals surface area contributed by atoms with Crippen molar-refractivity contribution in [2.24, 2.45) is 5.92 Å². The molecule has 0 radical (unpaired) electrons. The van der Waals surface area contributed by atoms with Crippen molar-refractivity contribution in [1.29, 1.82) is 0 Å². The summed E-state index contributed by atoms with van der Waals surface area (Å²) in [5.74, 6) is -0.650. The zero-order valence-corrected chi connectivity index (χ0v) is 24.3. The number of aromatic nitrogens is 2. The maximum absolute atomic E-state index is 13.9. The summed E-state index contributed by atoms with van der Waals surface area (Å²) in [7, 11) is -2.52. The summed E-state index contributed by atoms with van der Waals surface area (Å²) >= 11 is 12.0. The molecule has 0 aliphatic carbocycles. The molecule has 8 nitrogen and oxygen atoms in total. The highest BCUT2D eigenvalue weighted by molar-refractivity contribution is 7.89. The third-order valence-corrected chi connectivity index (χ3v) is 8.23. The highest BCUT2D eigenvalue weighted by atomic mass is 35.5. The van der Waals surface area contributed by atoms with Gasteiger partial charge in [-0.15, -0.1) is 0 Å². The van der Waals surface area contributed by atoms with E-state index in [-0.39, 0.29) is 28.3 Å². The van der Waals surface area contributed by atoms with E-state index in [0.717, 1.165) is 9.87 Å². The van der Waals surface area contributed by atoms with Crippen LogP contribution in [0.15, 0.2) is 77.8 Å². The Balaban J connectivity index is 1.66. The molecular weight excluding hydrogens is 578 g/mol. The maximum atomic E-state index is 13.9. The molecule has 0 saturated heterocycles. The zero-order valence-electron chi connectivity index (χ0n) is 21.9. The highest BCUT2D eigenvalue weighted by Crippen LogP contribution is 2.28. The molecule has 210 valence electrons. The Morgan fingerprint density at radius 3 is 2.35 bits per heavy atom. The summed E-state index contributed by atoms with van der Waals surface area (Å²) in [4.78, 5) is 17.9. The number of halogens is 3. The number of benzene rings is 3. The second kappa shape index (κ2) is 12.4. The molecule has 1 heterocycles. The van der Waals surface area contributed by atoms with Crippen LogP contribution in [-0.2, 0) is 14.8 Å². The molecule has 0 atom stereocenters. The lowest BCUT2D eigenvalue weighted by molar-refractivity contribution is -0.116. The van der Waals surface area contributed by atoms with Crippen LogP contribution in [0, 0.1) is 11.7 Å². The van der Waals surface area contributed by atoms with Gasteiger partial charge in [0.2, 0.25) is 21.9 Å². The van der Waals surface area contributed by atoms with Crippen LogP contribution < -0.4 is 10.1 Å². The lowest BCUT2D eigenvalue weighted by Gasteiger charge is -2.23. The lowest BCUT2D eigenvalue weighted by atomic mass is 10.2. The van der Waals surface area contributed by atoms with E-state index in [1.54, 1.807) is 42.6 Å². The third-order valence-electron chi connectivity index (χ3n) is 5.86. The summed E-state index contributed by atoms with van der Waals surface area (Å²) in [6, 6.07) is 17.0. The van der Waals surface area contributed by atoms with Gasteiger partial charge >= 0.3 is 0 Å². The minimum atomic E-state index is -4.00. The van der Waals surface area contributed by atoms with Gasteiger partial charge in [0, 0.05) is 23.3 Å². The third kappa shape index (κ3) is 6.82. The molecule has 0 saturated carbocycles. The lowest BCUT2D eigenvalue weighted by Crippen LogP contribution is -2.40. The van der Waals surface area contributed by atoms with Crippen molar-refractivity contribution in [3.05, 3.63) is 88.8 Å². The molecule has 3 aromatic carbocycles. The van der Waals surface area contributed by atoms with Gasteiger partial charge in [-0.3, -0.25) is 14.7 Å². The molecule has 4 aromatic rings. The van der Waals surface area contributed by atoms with Gasteiger partial charge in [0.25, 0.3) is 0 Å². The van der Waals surface area contributed by atoms with Crippen molar-refractivity contribution in [2.75, 3.05) is 25.5 Å². The molecule has 0 bridgehead atoms. The van der Waals surface area contributed by atoms with Crippen molar-refractivity contribution < 1.29 is 22.3 Å². The first kappa shape index (κ1) is 29.5. The van der Waals surface area contributed by atoms with Crippen molar-refractivity contribution in [2.45, 2.75) is 18.7 Å². The molecule has 1 N–H and O–H groups in total. The van der Waals surface area contributed by atoms with E-state index in [1.165, 1.54) is 42.0 Å². The normalized spacial score (nSPS) is 11.7. The van der Waals surface area contributed by atoms with Crippen LogP contribution in [0.1, 0.15) is 13.8 Å². The number of anilines is 1. The fraction of sp³-hybridized carbons (Fsp3) is 0.214. The van der Waals surface area contributed by atoms with E-state index in [9.17, 15) is 17.6 Å². The van der Waals surface area contributed by atoms with Gasteiger partial charge in [-0.05, 0) is 60.5 Å². The van der Waals surface area contributed by atoms with Crippen LogP contribution in [0.5, 0.6) is 5.75 Å². The average molecular weight is 606 g/mol. The Kier molecular flexibility index (Phi) is 9.15. The average Bonchev–Trinajstić information content (AvgIpc) is 3.33. The highest BCUT2D eigenvalue weighted by Gasteiger charge is 2.28. The quantitative estimate of drug-likeness (QED) is 0.230. The van der Waals surface area contributed by atoms with E-state index in [2.05, 4.69) is 10.3 Å². The molecule has 4 rings (SSSR count). The first-order chi connectivity index (χ1) is 19.0. The molecular formula is C28H27Cl2FN4O4S. The number of rotatable bonds is 10. The second-order valence-electron chi connectivity index (χ2n) is 9.34. The zero-order chi connectivity index (χ0) is 29.0. The number of hydrogen-bond acceptors (Lipinski definition) is 5. The molecule has 1 aromatic heterocycles. The SMILES string of the molecule is COc1ccc(S(=O)(=O)N(CC(=O)Nc2nc(-c3ccc(Cl)cc3)cn2-c2ccc(F)c(Cl)c2)CC(C)C)cc1.